The molecule has 18 heavy (non-hydrogen) atoms. The van der Waals surface area contributed by atoms with Crippen molar-refractivity contribution in [3.8, 4) is 0 Å². The molecule has 0 saturated carbocycles. The average Bonchev–Trinajstić information content (AvgIpc) is 2.61. The number of nitrogen functional groups attached to an aromatic ring is 1. The number of hydrogen-bond donors (Lipinski definition) is 1. The van der Waals surface area contributed by atoms with Gasteiger partial charge in [-0.25, -0.2) is 0 Å². The van der Waals surface area contributed by atoms with Crippen LogP contribution in [-0.2, 0) is 6.54 Å². The molecular formula is C14H22IN3. The second-order valence-electron chi connectivity index (χ2n) is 5.51. The molecule has 100 valence electrons. The molecule has 1 saturated heterocycles. The van der Waals surface area contributed by atoms with Crippen molar-refractivity contribution in [2.75, 3.05) is 39.5 Å². The highest BCUT2D eigenvalue weighted by molar-refractivity contribution is 14.1. The molecule has 2 rings (SSSR count). The largest absolute Gasteiger partial charge is 0.399 e. The van der Waals surface area contributed by atoms with Gasteiger partial charge in [-0.2, -0.15) is 0 Å². The van der Waals surface area contributed by atoms with E-state index in [-0.39, 0.29) is 0 Å². The number of benzene rings is 1. The van der Waals surface area contributed by atoms with Crippen LogP contribution in [0.3, 0.4) is 0 Å². The van der Waals surface area contributed by atoms with Gasteiger partial charge < -0.3 is 15.5 Å². The highest BCUT2D eigenvalue weighted by Crippen LogP contribution is 2.18. The molecule has 0 aliphatic carbocycles. The topological polar surface area (TPSA) is 32.5 Å². The lowest BCUT2D eigenvalue weighted by molar-refractivity contribution is 0.267. The first kappa shape index (κ1) is 14.1. The number of anilines is 1. The summed E-state index contributed by atoms with van der Waals surface area (Å²) in [6.45, 7) is 4.64. The molecule has 1 aliphatic heterocycles. The van der Waals surface area contributed by atoms with Crippen LogP contribution < -0.4 is 5.73 Å². The molecule has 0 aromatic heterocycles. The van der Waals surface area contributed by atoms with E-state index in [9.17, 15) is 0 Å². The van der Waals surface area contributed by atoms with Crippen LogP contribution in [0.2, 0.25) is 0 Å². The molecular weight excluding hydrogens is 337 g/mol. The van der Waals surface area contributed by atoms with E-state index in [0.29, 0.717) is 0 Å². The summed E-state index contributed by atoms with van der Waals surface area (Å²) in [6.07, 6.45) is 1.33. The Morgan fingerprint density at radius 3 is 2.83 bits per heavy atom. The van der Waals surface area contributed by atoms with Crippen molar-refractivity contribution >= 4 is 28.3 Å². The summed E-state index contributed by atoms with van der Waals surface area (Å²) in [5.74, 6) is 0.820. The van der Waals surface area contributed by atoms with Crippen LogP contribution in [0.4, 0.5) is 5.69 Å². The number of nitrogens with zero attached hydrogens (tertiary/aromatic N) is 2. The second kappa shape index (κ2) is 6.21. The third-order valence-corrected chi connectivity index (χ3v) is 4.11. The number of hydrogen-bond acceptors (Lipinski definition) is 3. The Balaban J connectivity index is 1.88. The van der Waals surface area contributed by atoms with E-state index in [4.69, 9.17) is 5.73 Å². The standard InChI is InChI=1S/C14H22IN3/c1-17-4-3-11(8-17)9-18(2)10-12-5-13(15)7-14(16)6-12/h5-7,11H,3-4,8-10,16H2,1-2H3. The van der Waals surface area contributed by atoms with Crippen molar-refractivity contribution in [1.82, 2.24) is 9.80 Å². The minimum absolute atomic E-state index is 0.820. The van der Waals surface area contributed by atoms with Gasteiger partial charge in [-0.3, -0.25) is 0 Å². The lowest BCUT2D eigenvalue weighted by atomic mass is 10.1. The van der Waals surface area contributed by atoms with E-state index in [1.165, 1.54) is 35.2 Å². The van der Waals surface area contributed by atoms with Crippen LogP contribution in [0.1, 0.15) is 12.0 Å². The molecule has 3 nitrogen and oxygen atoms in total. The van der Waals surface area contributed by atoms with Crippen LogP contribution in [0.25, 0.3) is 0 Å². The van der Waals surface area contributed by atoms with E-state index in [0.717, 1.165) is 18.2 Å². The molecule has 1 atom stereocenters. The summed E-state index contributed by atoms with van der Waals surface area (Å²) in [7, 11) is 4.41. The van der Waals surface area contributed by atoms with Gasteiger partial charge in [-0.05, 0) is 79.3 Å². The Morgan fingerprint density at radius 2 is 2.22 bits per heavy atom. The molecule has 1 aromatic rings. The second-order valence-corrected chi connectivity index (χ2v) is 6.75. The van der Waals surface area contributed by atoms with E-state index in [1.807, 2.05) is 6.07 Å². The Labute approximate surface area is 123 Å². The predicted molar refractivity (Wildman–Crippen MR) is 85.5 cm³/mol. The van der Waals surface area contributed by atoms with Crippen LogP contribution in [0.15, 0.2) is 18.2 Å². The zero-order valence-corrected chi connectivity index (χ0v) is 13.4. The summed E-state index contributed by atoms with van der Waals surface area (Å²) in [5, 5.41) is 0. The molecule has 0 spiro atoms. The molecule has 1 aromatic carbocycles. The number of rotatable bonds is 4. The zero-order valence-electron chi connectivity index (χ0n) is 11.2. The molecule has 1 aliphatic rings. The maximum atomic E-state index is 5.89. The minimum Gasteiger partial charge on any atom is -0.399 e. The first-order chi connectivity index (χ1) is 8.52. The molecule has 0 amide bonds. The molecule has 1 unspecified atom stereocenters. The SMILES string of the molecule is CN1CCC(CN(C)Cc2cc(N)cc(I)c2)C1. The molecule has 0 radical (unpaired) electrons. The number of halogens is 1. The fraction of sp³-hybridized carbons (Fsp3) is 0.571. The summed E-state index contributed by atoms with van der Waals surface area (Å²) < 4.78 is 1.22. The average molecular weight is 359 g/mol. The van der Waals surface area contributed by atoms with Crippen molar-refractivity contribution in [1.29, 1.82) is 0 Å². The molecule has 0 bridgehead atoms. The molecule has 1 fully saturated rings. The van der Waals surface area contributed by atoms with Crippen molar-refractivity contribution in [3.63, 3.8) is 0 Å². The van der Waals surface area contributed by atoms with Gasteiger partial charge in [0.2, 0.25) is 0 Å². The van der Waals surface area contributed by atoms with Gasteiger partial charge in [-0.1, -0.05) is 0 Å². The summed E-state index contributed by atoms with van der Waals surface area (Å²) >= 11 is 2.33. The Morgan fingerprint density at radius 1 is 1.44 bits per heavy atom. The van der Waals surface area contributed by atoms with E-state index < -0.39 is 0 Å². The molecule has 4 heteroatoms. The quantitative estimate of drug-likeness (QED) is 0.661. The monoisotopic (exact) mass is 359 g/mol. The number of nitrogens with two attached hydrogens (primary N) is 1. The third-order valence-electron chi connectivity index (χ3n) is 3.49. The van der Waals surface area contributed by atoms with Gasteiger partial charge in [-0.15, -0.1) is 0 Å². The Kier molecular flexibility index (Phi) is 4.86. The van der Waals surface area contributed by atoms with Gasteiger partial charge in [0.25, 0.3) is 0 Å². The van der Waals surface area contributed by atoms with Crippen molar-refractivity contribution in [2.45, 2.75) is 13.0 Å². The third kappa shape index (κ3) is 4.10. The normalized spacial score (nSPS) is 20.8. The van der Waals surface area contributed by atoms with Crippen molar-refractivity contribution in [3.05, 3.63) is 27.3 Å². The molecule has 2 N–H and O–H groups in total. The van der Waals surface area contributed by atoms with E-state index in [2.05, 4.69) is 58.6 Å². The summed E-state index contributed by atoms with van der Waals surface area (Å²) in [4.78, 5) is 4.83. The van der Waals surface area contributed by atoms with Crippen LogP contribution in [-0.4, -0.2) is 43.5 Å². The highest BCUT2D eigenvalue weighted by Gasteiger charge is 2.20. The van der Waals surface area contributed by atoms with Gasteiger partial charge >= 0.3 is 0 Å². The van der Waals surface area contributed by atoms with Gasteiger partial charge in [0.1, 0.15) is 0 Å². The maximum absolute atomic E-state index is 5.89. The van der Waals surface area contributed by atoms with Crippen LogP contribution in [0, 0.1) is 9.49 Å². The maximum Gasteiger partial charge on any atom is 0.0327 e. The minimum atomic E-state index is 0.820. The summed E-state index contributed by atoms with van der Waals surface area (Å²) in [5.41, 5.74) is 8.07. The van der Waals surface area contributed by atoms with Crippen molar-refractivity contribution in [2.24, 2.45) is 5.92 Å². The van der Waals surface area contributed by atoms with E-state index in [1.54, 1.807) is 0 Å². The fourth-order valence-electron chi connectivity index (χ4n) is 2.76. The Bertz CT molecular complexity index is 388. The van der Waals surface area contributed by atoms with Gasteiger partial charge in [0, 0.05) is 28.9 Å². The lowest BCUT2D eigenvalue weighted by Crippen LogP contribution is -2.27. The van der Waals surface area contributed by atoms with Crippen molar-refractivity contribution < 1.29 is 0 Å². The number of likely N-dealkylation sites (tertiary alicyclic amines) is 1. The molecule has 1 heterocycles. The predicted octanol–water partition coefficient (Wildman–Crippen LogP) is 2.26. The van der Waals surface area contributed by atoms with E-state index >= 15 is 0 Å². The first-order valence-electron chi connectivity index (χ1n) is 6.45. The Hall–Kier alpha value is -0.330. The smallest absolute Gasteiger partial charge is 0.0327 e. The van der Waals surface area contributed by atoms with Gasteiger partial charge in [0.05, 0.1) is 0 Å². The fourth-order valence-corrected chi connectivity index (χ4v) is 3.52. The lowest BCUT2D eigenvalue weighted by Gasteiger charge is -2.21. The van der Waals surface area contributed by atoms with Crippen LogP contribution in [0.5, 0.6) is 0 Å². The van der Waals surface area contributed by atoms with Gasteiger partial charge in [0.15, 0.2) is 0 Å². The first-order valence-corrected chi connectivity index (χ1v) is 7.53. The summed E-state index contributed by atoms with van der Waals surface area (Å²) in [6, 6.07) is 6.31. The zero-order chi connectivity index (χ0) is 13.1. The highest BCUT2D eigenvalue weighted by atomic mass is 127. The van der Waals surface area contributed by atoms with Crippen LogP contribution >= 0.6 is 22.6 Å².